The van der Waals surface area contributed by atoms with Gasteiger partial charge in [-0.05, 0) is 12.8 Å². The third kappa shape index (κ3) is 16.1. The van der Waals surface area contributed by atoms with Gasteiger partial charge in [-0.1, -0.05) is 104 Å². The average molecular weight is 299 g/mol. The van der Waals surface area contributed by atoms with E-state index >= 15 is 0 Å². The minimum absolute atomic E-state index is 0.552. The van der Waals surface area contributed by atoms with Crippen LogP contribution in [-0.4, -0.2) is 6.04 Å². The Hall–Kier alpha value is -0.0800. The Balaban J connectivity index is 3.26. The fourth-order valence-corrected chi connectivity index (χ4v) is 3.01. The number of hydrogen-bond acceptors (Lipinski definition) is 2. The van der Waals surface area contributed by atoms with Crippen molar-refractivity contribution < 1.29 is 0 Å². The third-order valence-corrected chi connectivity index (χ3v) is 4.55. The van der Waals surface area contributed by atoms with Gasteiger partial charge in [-0.15, -0.1) is 0 Å². The number of rotatable bonds is 17. The second-order valence-corrected chi connectivity index (χ2v) is 6.68. The molecule has 0 aliphatic heterocycles. The summed E-state index contributed by atoms with van der Waals surface area (Å²) in [6.45, 7) is 4.56. The molecule has 0 rings (SSSR count). The summed E-state index contributed by atoms with van der Waals surface area (Å²) in [4.78, 5) is 0. The van der Waals surface area contributed by atoms with Crippen molar-refractivity contribution in [2.45, 2.75) is 123 Å². The summed E-state index contributed by atoms with van der Waals surface area (Å²) in [6, 6.07) is 0.552. The molecule has 0 saturated carbocycles. The van der Waals surface area contributed by atoms with Gasteiger partial charge in [-0.25, -0.2) is 0 Å². The van der Waals surface area contributed by atoms with E-state index in [4.69, 9.17) is 5.84 Å². The molecular weight excluding hydrogens is 256 g/mol. The SMILES string of the molecule is CCCCCCCCCCCC(CCCCCCC)NN. The number of hydrazine groups is 1. The minimum Gasteiger partial charge on any atom is -0.271 e. The van der Waals surface area contributed by atoms with Gasteiger partial charge in [0.1, 0.15) is 0 Å². The quantitative estimate of drug-likeness (QED) is 0.193. The minimum atomic E-state index is 0.552. The Labute approximate surface area is 134 Å². The van der Waals surface area contributed by atoms with Crippen molar-refractivity contribution in [3.8, 4) is 0 Å². The second kappa shape index (κ2) is 18.0. The number of hydrogen-bond donors (Lipinski definition) is 2. The molecule has 128 valence electrons. The van der Waals surface area contributed by atoms with Gasteiger partial charge >= 0.3 is 0 Å². The van der Waals surface area contributed by atoms with Gasteiger partial charge in [0.15, 0.2) is 0 Å². The topological polar surface area (TPSA) is 38.0 Å². The van der Waals surface area contributed by atoms with Crippen molar-refractivity contribution in [3.63, 3.8) is 0 Å². The molecule has 0 aromatic carbocycles. The molecule has 21 heavy (non-hydrogen) atoms. The van der Waals surface area contributed by atoms with Crippen LogP contribution in [0.15, 0.2) is 0 Å². The maximum atomic E-state index is 5.67. The molecule has 0 aromatic rings. The van der Waals surface area contributed by atoms with E-state index in [1.807, 2.05) is 0 Å². The van der Waals surface area contributed by atoms with Crippen molar-refractivity contribution in [2.75, 3.05) is 0 Å². The first-order valence-corrected chi connectivity index (χ1v) is 9.81. The third-order valence-electron chi connectivity index (χ3n) is 4.55. The van der Waals surface area contributed by atoms with Gasteiger partial charge in [0, 0.05) is 6.04 Å². The standard InChI is InChI=1S/C19H42N2/c1-3-5-7-9-10-11-12-14-16-18-19(21-20)17-15-13-8-6-4-2/h19,21H,3-18,20H2,1-2H3. The predicted octanol–water partition coefficient (Wildman–Crippen LogP) is 6.10. The molecule has 0 aromatic heterocycles. The van der Waals surface area contributed by atoms with E-state index in [9.17, 15) is 0 Å². The summed E-state index contributed by atoms with van der Waals surface area (Å²) in [5, 5.41) is 0. The maximum absolute atomic E-state index is 5.67. The Morgan fingerprint density at radius 2 is 0.905 bits per heavy atom. The van der Waals surface area contributed by atoms with Crippen molar-refractivity contribution in [2.24, 2.45) is 5.84 Å². The first-order chi connectivity index (χ1) is 10.3. The van der Waals surface area contributed by atoms with Crippen LogP contribution < -0.4 is 11.3 Å². The molecular formula is C19H42N2. The molecule has 0 amide bonds. The highest BCUT2D eigenvalue weighted by Crippen LogP contribution is 2.14. The van der Waals surface area contributed by atoms with E-state index in [2.05, 4.69) is 19.3 Å². The molecule has 0 aliphatic carbocycles. The van der Waals surface area contributed by atoms with Crippen molar-refractivity contribution in [3.05, 3.63) is 0 Å². The number of unbranched alkanes of at least 4 members (excludes halogenated alkanes) is 12. The fourth-order valence-electron chi connectivity index (χ4n) is 3.01. The molecule has 2 heteroatoms. The molecule has 0 bridgehead atoms. The summed E-state index contributed by atoms with van der Waals surface area (Å²) in [6.07, 6.45) is 22.0. The van der Waals surface area contributed by atoms with Gasteiger partial charge in [0.25, 0.3) is 0 Å². The molecule has 0 heterocycles. The van der Waals surface area contributed by atoms with Crippen LogP contribution >= 0.6 is 0 Å². The molecule has 0 fully saturated rings. The van der Waals surface area contributed by atoms with Gasteiger partial charge in [-0.2, -0.15) is 0 Å². The lowest BCUT2D eigenvalue weighted by atomic mass is 10.0. The van der Waals surface area contributed by atoms with Gasteiger partial charge in [0.2, 0.25) is 0 Å². The van der Waals surface area contributed by atoms with E-state index in [1.54, 1.807) is 0 Å². The number of nitrogens with two attached hydrogens (primary N) is 1. The Bertz CT molecular complexity index is 182. The van der Waals surface area contributed by atoms with Crippen LogP contribution in [0.25, 0.3) is 0 Å². The average Bonchev–Trinajstić information content (AvgIpc) is 2.51. The van der Waals surface area contributed by atoms with Crippen LogP contribution in [0.4, 0.5) is 0 Å². The molecule has 2 nitrogen and oxygen atoms in total. The van der Waals surface area contributed by atoms with Crippen LogP contribution in [0.3, 0.4) is 0 Å². The summed E-state index contributed by atoms with van der Waals surface area (Å²) >= 11 is 0. The van der Waals surface area contributed by atoms with Gasteiger partial charge in [-0.3, -0.25) is 11.3 Å². The lowest BCUT2D eigenvalue weighted by Gasteiger charge is -2.15. The molecule has 0 saturated heterocycles. The van der Waals surface area contributed by atoms with E-state index in [0.717, 1.165) is 0 Å². The second-order valence-electron chi connectivity index (χ2n) is 6.68. The smallest absolute Gasteiger partial charge is 0.0210 e. The summed E-state index contributed by atoms with van der Waals surface area (Å²) < 4.78 is 0. The van der Waals surface area contributed by atoms with Crippen molar-refractivity contribution in [1.29, 1.82) is 0 Å². The maximum Gasteiger partial charge on any atom is 0.0210 e. The molecule has 0 spiro atoms. The molecule has 1 atom stereocenters. The highest BCUT2D eigenvalue weighted by molar-refractivity contribution is 4.64. The zero-order valence-electron chi connectivity index (χ0n) is 15.0. The molecule has 0 radical (unpaired) electrons. The fraction of sp³-hybridized carbons (Fsp3) is 1.00. The summed E-state index contributed by atoms with van der Waals surface area (Å²) in [5.41, 5.74) is 3.02. The Kier molecular flexibility index (Phi) is 17.9. The van der Waals surface area contributed by atoms with Gasteiger partial charge in [0.05, 0.1) is 0 Å². The van der Waals surface area contributed by atoms with Gasteiger partial charge < -0.3 is 0 Å². The van der Waals surface area contributed by atoms with Crippen molar-refractivity contribution >= 4 is 0 Å². The molecule has 1 unspecified atom stereocenters. The zero-order valence-corrected chi connectivity index (χ0v) is 15.0. The van der Waals surface area contributed by atoms with Crippen molar-refractivity contribution in [1.82, 2.24) is 5.43 Å². The van der Waals surface area contributed by atoms with E-state index < -0.39 is 0 Å². The predicted molar refractivity (Wildman–Crippen MR) is 96.3 cm³/mol. The van der Waals surface area contributed by atoms with E-state index in [-0.39, 0.29) is 0 Å². The normalized spacial score (nSPS) is 12.7. The Morgan fingerprint density at radius 3 is 1.24 bits per heavy atom. The largest absolute Gasteiger partial charge is 0.271 e. The monoisotopic (exact) mass is 298 g/mol. The van der Waals surface area contributed by atoms with Crippen LogP contribution in [0.2, 0.25) is 0 Å². The summed E-state index contributed by atoms with van der Waals surface area (Å²) in [5.74, 6) is 5.67. The first-order valence-electron chi connectivity index (χ1n) is 9.81. The zero-order chi connectivity index (χ0) is 15.6. The Morgan fingerprint density at radius 1 is 0.571 bits per heavy atom. The van der Waals surface area contributed by atoms with Crippen LogP contribution in [0.5, 0.6) is 0 Å². The lowest BCUT2D eigenvalue weighted by Crippen LogP contribution is -2.34. The number of nitrogens with one attached hydrogen (secondary N) is 1. The molecule has 0 aliphatic rings. The summed E-state index contributed by atoms with van der Waals surface area (Å²) in [7, 11) is 0. The van der Waals surface area contributed by atoms with Crippen LogP contribution in [-0.2, 0) is 0 Å². The first kappa shape index (κ1) is 20.9. The highest BCUT2D eigenvalue weighted by atomic mass is 15.2. The van der Waals surface area contributed by atoms with Crippen LogP contribution in [0.1, 0.15) is 117 Å². The molecule has 3 N–H and O–H groups in total. The van der Waals surface area contributed by atoms with Crippen LogP contribution in [0, 0.1) is 0 Å². The van der Waals surface area contributed by atoms with E-state index in [1.165, 1.54) is 103 Å². The highest BCUT2D eigenvalue weighted by Gasteiger charge is 2.05. The van der Waals surface area contributed by atoms with E-state index in [0.29, 0.717) is 6.04 Å². The lowest BCUT2D eigenvalue weighted by molar-refractivity contribution is 0.419.